The Hall–Kier alpha value is -3.52. The fourth-order valence-corrected chi connectivity index (χ4v) is 4.00. The summed E-state index contributed by atoms with van der Waals surface area (Å²) in [6, 6.07) is 11.3. The van der Waals surface area contributed by atoms with E-state index in [9.17, 15) is 14.7 Å². The largest absolute Gasteiger partial charge is 0.507 e. The minimum absolute atomic E-state index is 0.0103. The number of likely N-dealkylation sites (tertiary alicyclic amines) is 1. The number of amides is 1. The van der Waals surface area contributed by atoms with Gasteiger partial charge in [-0.3, -0.25) is 9.59 Å². The van der Waals surface area contributed by atoms with Gasteiger partial charge in [0.05, 0.1) is 32.4 Å². The summed E-state index contributed by atoms with van der Waals surface area (Å²) in [5.74, 6) is 0.249. The van der Waals surface area contributed by atoms with Crippen molar-refractivity contribution in [2.75, 3.05) is 48.0 Å². The van der Waals surface area contributed by atoms with E-state index in [1.807, 2.05) is 19.0 Å². The Morgan fingerprint density at radius 2 is 1.74 bits per heavy atom. The molecular formula is C27H34N2O6. The van der Waals surface area contributed by atoms with Crippen LogP contribution in [-0.2, 0) is 9.59 Å². The summed E-state index contributed by atoms with van der Waals surface area (Å²) in [6.45, 7) is 5.52. The molecule has 1 saturated heterocycles. The first kappa shape index (κ1) is 26.1. The molecule has 0 radical (unpaired) electrons. The number of Topliss-reactive ketones (excluding diaryl/α,β-unsaturated/α-hetero) is 1. The molecule has 0 unspecified atom stereocenters. The number of rotatable bonds is 10. The van der Waals surface area contributed by atoms with E-state index in [1.54, 1.807) is 42.5 Å². The van der Waals surface area contributed by atoms with E-state index in [0.717, 1.165) is 0 Å². The standard InChI is InChI=1S/C27H34N2O6/c1-17(2)16-35-19-12-10-18(11-13-19)24(30)22-23(20-8-7-9-21(33-5)26(20)34-6)29(15-14-28(3)4)27(32)25(22)31/h7-13,17,23,30H,14-16H2,1-6H3/b24-22+/t23-/m0/s1. The summed E-state index contributed by atoms with van der Waals surface area (Å²) in [5.41, 5.74) is 0.985. The van der Waals surface area contributed by atoms with Crippen molar-refractivity contribution < 1.29 is 28.9 Å². The van der Waals surface area contributed by atoms with Gasteiger partial charge in [-0.15, -0.1) is 0 Å². The molecule has 2 aromatic rings. The molecule has 0 aliphatic carbocycles. The van der Waals surface area contributed by atoms with Crippen LogP contribution in [0.15, 0.2) is 48.0 Å². The number of ketones is 1. The summed E-state index contributed by atoms with van der Waals surface area (Å²) < 4.78 is 16.8. The van der Waals surface area contributed by atoms with Crippen LogP contribution in [0.3, 0.4) is 0 Å². The topological polar surface area (TPSA) is 88.5 Å². The number of methoxy groups -OCH3 is 2. The molecule has 0 bridgehead atoms. The van der Waals surface area contributed by atoms with Gasteiger partial charge >= 0.3 is 0 Å². The maximum Gasteiger partial charge on any atom is 0.295 e. The molecule has 1 N–H and O–H groups in total. The van der Waals surface area contributed by atoms with Gasteiger partial charge in [0.25, 0.3) is 11.7 Å². The Morgan fingerprint density at radius 1 is 1.06 bits per heavy atom. The van der Waals surface area contributed by atoms with E-state index in [0.29, 0.717) is 54.0 Å². The van der Waals surface area contributed by atoms with Crippen LogP contribution in [0, 0.1) is 5.92 Å². The number of benzene rings is 2. The number of nitrogens with zero attached hydrogens (tertiary/aromatic N) is 2. The van der Waals surface area contributed by atoms with Crippen LogP contribution in [0.25, 0.3) is 5.76 Å². The summed E-state index contributed by atoms with van der Waals surface area (Å²) in [7, 11) is 6.80. The van der Waals surface area contributed by atoms with E-state index >= 15 is 0 Å². The Balaban J connectivity index is 2.13. The van der Waals surface area contributed by atoms with Crippen molar-refractivity contribution >= 4 is 17.4 Å². The fraction of sp³-hybridized carbons (Fsp3) is 0.407. The van der Waals surface area contributed by atoms with Crippen molar-refractivity contribution in [3.63, 3.8) is 0 Å². The number of ether oxygens (including phenoxy) is 3. The maximum absolute atomic E-state index is 13.2. The summed E-state index contributed by atoms with van der Waals surface area (Å²) >= 11 is 0. The second-order valence-electron chi connectivity index (χ2n) is 9.11. The van der Waals surface area contributed by atoms with Crippen LogP contribution in [-0.4, -0.2) is 74.6 Å². The predicted molar refractivity (Wildman–Crippen MR) is 134 cm³/mol. The Labute approximate surface area is 206 Å². The zero-order valence-electron chi connectivity index (χ0n) is 21.2. The first-order valence-corrected chi connectivity index (χ1v) is 11.6. The van der Waals surface area contributed by atoms with E-state index in [-0.39, 0.29) is 11.3 Å². The number of para-hydroxylation sites is 1. The lowest BCUT2D eigenvalue weighted by atomic mass is 9.94. The van der Waals surface area contributed by atoms with Crippen molar-refractivity contribution in [2.45, 2.75) is 19.9 Å². The minimum atomic E-state index is -0.836. The molecular weight excluding hydrogens is 448 g/mol. The lowest BCUT2D eigenvalue weighted by Gasteiger charge is -2.28. The second kappa shape index (κ2) is 11.3. The first-order valence-electron chi connectivity index (χ1n) is 11.6. The highest BCUT2D eigenvalue weighted by Crippen LogP contribution is 2.45. The Kier molecular flexibility index (Phi) is 8.40. The van der Waals surface area contributed by atoms with E-state index in [2.05, 4.69) is 13.8 Å². The SMILES string of the molecule is COc1cccc([C@H]2/C(=C(\O)c3ccc(OCC(C)C)cc3)C(=O)C(=O)N2CCN(C)C)c1OC. The van der Waals surface area contributed by atoms with E-state index < -0.39 is 17.7 Å². The Bertz CT molecular complexity index is 1090. The third-order valence-corrected chi connectivity index (χ3v) is 5.77. The third kappa shape index (κ3) is 5.59. The average Bonchev–Trinajstić information content (AvgIpc) is 3.10. The smallest absolute Gasteiger partial charge is 0.295 e. The molecule has 0 aromatic heterocycles. The van der Waals surface area contributed by atoms with E-state index in [1.165, 1.54) is 19.1 Å². The number of aliphatic hydroxyl groups is 1. The van der Waals surface area contributed by atoms with Gasteiger partial charge in [0.2, 0.25) is 0 Å². The monoisotopic (exact) mass is 482 g/mol. The molecule has 35 heavy (non-hydrogen) atoms. The summed E-state index contributed by atoms with van der Waals surface area (Å²) in [4.78, 5) is 29.8. The lowest BCUT2D eigenvalue weighted by Crippen LogP contribution is -2.35. The molecule has 3 rings (SSSR count). The quantitative estimate of drug-likeness (QED) is 0.314. The summed E-state index contributed by atoms with van der Waals surface area (Å²) in [6.07, 6.45) is 0. The molecule has 1 fully saturated rings. The molecule has 0 saturated carbocycles. The molecule has 188 valence electrons. The molecule has 8 heteroatoms. The molecule has 1 atom stereocenters. The number of hydrogen-bond donors (Lipinski definition) is 1. The van der Waals surface area contributed by atoms with Crippen LogP contribution in [0.4, 0.5) is 0 Å². The van der Waals surface area contributed by atoms with Gasteiger partial charge in [-0.2, -0.15) is 0 Å². The van der Waals surface area contributed by atoms with Gasteiger partial charge < -0.3 is 29.1 Å². The highest BCUT2D eigenvalue weighted by Gasteiger charge is 2.47. The molecule has 1 heterocycles. The van der Waals surface area contributed by atoms with Crippen molar-refractivity contribution in [1.82, 2.24) is 9.80 Å². The molecule has 1 aliphatic heterocycles. The van der Waals surface area contributed by atoms with Gasteiger partial charge in [-0.1, -0.05) is 26.0 Å². The van der Waals surface area contributed by atoms with Crippen LogP contribution < -0.4 is 14.2 Å². The molecule has 0 spiro atoms. The lowest BCUT2D eigenvalue weighted by molar-refractivity contribution is -0.140. The highest BCUT2D eigenvalue weighted by atomic mass is 16.5. The number of hydrogen-bond acceptors (Lipinski definition) is 7. The van der Waals surface area contributed by atoms with Crippen LogP contribution in [0.2, 0.25) is 0 Å². The van der Waals surface area contributed by atoms with Gasteiger partial charge in [0.1, 0.15) is 11.5 Å². The van der Waals surface area contributed by atoms with Crippen molar-refractivity contribution in [3.05, 3.63) is 59.2 Å². The fourth-order valence-electron chi connectivity index (χ4n) is 4.00. The average molecular weight is 483 g/mol. The zero-order valence-corrected chi connectivity index (χ0v) is 21.2. The minimum Gasteiger partial charge on any atom is -0.507 e. The number of carbonyl (C=O) groups excluding carboxylic acids is 2. The molecule has 2 aromatic carbocycles. The van der Waals surface area contributed by atoms with Crippen molar-refractivity contribution in [3.8, 4) is 17.2 Å². The Morgan fingerprint density at radius 3 is 2.31 bits per heavy atom. The van der Waals surface area contributed by atoms with Crippen molar-refractivity contribution in [2.24, 2.45) is 5.92 Å². The van der Waals surface area contributed by atoms with Gasteiger partial charge in [0, 0.05) is 24.2 Å². The molecule has 1 aliphatic rings. The number of aliphatic hydroxyl groups excluding tert-OH is 1. The van der Waals surface area contributed by atoms with Gasteiger partial charge in [0.15, 0.2) is 11.5 Å². The van der Waals surface area contributed by atoms with Crippen LogP contribution in [0.5, 0.6) is 17.2 Å². The van der Waals surface area contributed by atoms with Crippen molar-refractivity contribution in [1.29, 1.82) is 0 Å². The maximum atomic E-state index is 13.2. The number of likely N-dealkylation sites (N-methyl/N-ethyl adjacent to an activating group) is 1. The second-order valence-corrected chi connectivity index (χ2v) is 9.11. The highest BCUT2D eigenvalue weighted by molar-refractivity contribution is 6.46. The summed E-state index contributed by atoms with van der Waals surface area (Å²) in [5, 5.41) is 11.3. The zero-order chi connectivity index (χ0) is 25.7. The normalized spacial score (nSPS) is 17.4. The first-order chi connectivity index (χ1) is 16.7. The van der Waals surface area contributed by atoms with Crippen LogP contribution in [0.1, 0.15) is 31.0 Å². The third-order valence-electron chi connectivity index (χ3n) is 5.77. The van der Waals surface area contributed by atoms with Gasteiger partial charge in [-0.05, 0) is 50.3 Å². The van der Waals surface area contributed by atoms with E-state index in [4.69, 9.17) is 14.2 Å². The van der Waals surface area contributed by atoms with Gasteiger partial charge in [-0.25, -0.2) is 0 Å². The number of carbonyl (C=O) groups is 2. The predicted octanol–water partition coefficient (Wildman–Crippen LogP) is 3.72. The molecule has 1 amide bonds. The van der Waals surface area contributed by atoms with Crippen LogP contribution >= 0.6 is 0 Å². The molecule has 8 nitrogen and oxygen atoms in total.